The second-order valence-corrected chi connectivity index (χ2v) is 7.87. The van der Waals surface area contributed by atoms with Crippen LogP contribution >= 0.6 is 0 Å². The van der Waals surface area contributed by atoms with E-state index in [1.807, 2.05) is 12.1 Å². The number of methoxy groups -OCH3 is 2. The maximum atomic E-state index is 12.1. The van der Waals surface area contributed by atoms with E-state index in [4.69, 9.17) is 28.4 Å². The van der Waals surface area contributed by atoms with Crippen molar-refractivity contribution in [2.45, 2.75) is 43.9 Å². The predicted molar refractivity (Wildman–Crippen MR) is 117 cm³/mol. The van der Waals surface area contributed by atoms with Gasteiger partial charge in [0.1, 0.15) is 41.4 Å². The molecule has 0 aliphatic carbocycles. The van der Waals surface area contributed by atoms with Crippen molar-refractivity contribution in [3.05, 3.63) is 59.7 Å². The lowest BCUT2D eigenvalue weighted by atomic mass is 9.95. The molecule has 6 atom stereocenters. The van der Waals surface area contributed by atoms with Crippen LogP contribution in [0.2, 0.25) is 0 Å². The van der Waals surface area contributed by atoms with Crippen molar-refractivity contribution in [1.82, 2.24) is 5.32 Å². The first-order valence-corrected chi connectivity index (χ1v) is 10.8. The Morgan fingerprint density at radius 3 is 2.44 bits per heavy atom. The Labute approximate surface area is 196 Å². The number of carbonyl (C=O) groups excluding carboxylic acids is 2. The molecule has 0 saturated carbocycles. The number of nitrogens with one attached hydrogen (secondary N) is 1. The summed E-state index contributed by atoms with van der Waals surface area (Å²) in [5.74, 6) is -0.222. The summed E-state index contributed by atoms with van der Waals surface area (Å²) in [6.07, 6.45) is -4.64. The first kappa shape index (κ1) is 24.0. The van der Waals surface area contributed by atoms with Gasteiger partial charge in [-0.15, -0.1) is 0 Å². The largest absolute Gasteiger partial charge is 0.496 e. The van der Waals surface area contributed by atoms with Crippen LogP contribution in [-0.4, -0.2) is 68.5 Å². The molecule has 0 spiro atoms. The molecular weight excluding hydrogens is 446 g/mol. The van der Waals surface area contributed by atoms with Crippen LogP contribution in [0.15, 0.2) is 48.5 Å². The average molecular weight is 473 g/mol. The highest BCUT2D eigenvalue weighted by atomic mass is 16.7. The minimum atomic E-state index is -1.20. The van der Waals surface area contributed by atoms with E-state index in [0.717, 1.165) is 0 Å². The number of fused-ring (bicyclic) bond motifs is 1. The van der Waals surface area contributed by atoms with E-state index < -0.39 is 48.8 Å². The summed E-state index contributed by atoms with van der Waals surface area (Å²) < 4.78 is 34.1. The van der Waals surface area contributed by atoms with Crippen molar-refractivity contribution in [1.29, 1.82) is 0 Å². The number of hydrogen-bond donors (Lipinski definition) is 2. The second kappa shape index (κ2) is 10.4. The molecular formula is C24H27NO9. The Kier molecular flexibility index (Phi) is 7.32. The van der Waals surface area contributed by atoms with Gasteiger partial charge < -0.3 is 38.8 Å². The maximum Gasteiger partial charge on any atom is 0.341 e. The highest BCUT2D eigenvalue weighted by molar-refractivity contribution is 5.92. The van der Waals surface area contributed by atoms with Crippen LogP contribution < -0.4 is 14.8 Å². The summed E-state index contributed by atoms with van der Waals surface area (Å²) in [6.45, 7) is 1.41. The average Bonchev–Trinajstić information content (AvgIpc) is 2.86. The molecule has 10 nitrogen and oxygen atoms in total. The monoisotopic (exact) mass is 473 g/mol. The minimum Gasteiger partial charge on any atom is -0.496 e. The van der Waals surface area contributed by atoms with Crippen LogP contribution in [0, 0.1) is 0 Å². The summed E-state index contributed by atoms with van der Waals surface area (Å²) in [5.41, 5.74) is 0.844. The fraction of sp³-hybridized carbons (Fsp3) is 0.417. The predicted octanol–water partition coefficient (Wildman–Crippen LogP) is 1.57. The number of carbonyl (C=O) groups is 2. The molecule has 10 heteroatoms. The maximum absolute atomic E-state index is 12.1. The van der Waals surface area contributed by atoms with Crippen molar-refractivity contribution < 1.29 is 43.1 Å². The normalized spacial score (nSPS) is 28.4. The summed E-state index contributed by atoms with van der Waals surface area (Å²) in [5, 5.41) is 13.9. The molecule has 2 aliphatic rings. The topological polar surface area (TPSA) is 122 Å². The number of para-hydroxylation sites is 2. The molecule has 2 N–H and O–H groups in total. The van der Waals surface area contributed by atoms with E-state index in [1.54, 1.807) is 43.5 Å². The molecule has 2 heterocycles. The third-order valence-corrected chi connectivity index (χ3v) is 5.66. The molecule has 4 rings (SSSR count). The van der Waals surface area contributed by atoms with E-state index in [1.165, 1.54) is 14.0 Å². The van der Waals surface area contributed by atoms with Crippen molar-refractivity contribution in [2.75, 3.05) is 20.8 Å². The Balaban J connectivity index is 1.58. The zero-order chi connectivity index (χ0) is 24.2. The third-order valence-electron chi connectivity index (χ3n) is 5.66. The van der Waals surface area contributed by atoms with E-state index in [2.05, 4.69) is 5.32 Å². The van der Waals surface area contributed by atoms with Gasteiger partial charge in [-0.3, -0.25) is 4.79 Å². The van der Waals surface area contributed by atoms with Gasteiger partial charge in [-0.25, -0.2) is 4.79 Å². The van der Waals surface area contributed by atoms with Gasteiger partial charge in [0.2, 0.25) is 12.2 Å². The minimum absolute atomic E-state index is 0.0930. The van der Waals surface area contributed by atoms with Crippen LogP contribution in [0.5, 0.6) is 11.5 Å². The summed E-state index contributed by atoms with van der Waals surface area (Å²) in [4.78, 5) is 24.1. The first-order valence-electron chi connectivity index (χ1n) is 10.8. The first-order chi connectivity index (χ1) is 16.4. The van der Waals surface area contributed by atoms with E-state index in [9.17, 15) is 14.7 Å². The van der Waals surface area contributed by atoms with Gasteiger partial charge in [0, 0.05) is 12.5 Å². The summed E-state index contributed by atoms with van der Waals surface area (Å²) >= 11 is 0. The quantitative estimate of drug-likeness (QED) is 0.602. The smallest absolute Gasteiger partial charge is 0.341 e. The number of aliphatic hydroxyl groups is 1. The van der Waals surface area contributed by atoms with Gasteiger partial charge in [-0.2, -0.15) is 0 Å². The highest BCUT2D eigenvalue weighted by Crippen LogP contribution is 2.37. The number of ether oxygens (including phenoxy) is 6. The molecule has 182 valence electrons. The Morgan fingerprint density at radius 2 is 1.74 bits per heavy atom. The van der Waals surface area contributed by atoms with Crippen molar-refractivity contribution >= 4 is 11.9 Å². The lowest BCUT2D eigenvalue weighted by molar-refractivity contribution is -0.333. The Bertz CT molecular complexity index is 1030. The summed E-state index contributed by atoms with van der Waals surface area (Å²) in [7, 11) is 2.81. The van der Waals surface area contributed by atoms with Crippen LogP contribution in [0.1, 0.15) is 29.1 Å². The number of hydrogen-bond acceptors (Lipinski definition) is 9. The SMILES string of the molecule is COC(=O)c1ccccc1OC1OC2COC(c3ccccc3OC)OC2C(O)C1NC(C)=O. The van der Waals surface area contributed by atoms with Crippen molar-refractivity contribution in [2.24, 2.45) is 0 Å². The van der Waals surface area contributed by atoms with Crippen LogP contribution in [-0.2, 0) is 23.7 Å². The second-order valence-electron chi connectivity index (χ2n) is 7.87. The van der Waals surface area contributed by atoms with Gasteiger partial charge in [-0.1, -0.05) is 30.3 Å². The van der Waals surface area contributed by atoms with Gasteiger partial charge >= 0.3 is 5.97 Å². The molecule has 0 aromatic heterocycles. The fourth-order valence-corrected chi connectivity index (χ4v) is 4.07. The lowest BCUT2D eigenvalue weighted by Crippen LogP contribution is -2.67. The van der Waals surface area contributed by atoms with Crippen LogP contribution in [0.4, 0.5) is 0 Å². The molecule has 2 aromatic carbocycles. The van der Waals surface area contributed by atoms with E-state index in [0.29, 0.717) is 11.3 Å². The van der Waals surface area contributed by atoms with Gasteiger partial charge in [0.05, 0.1) is 20.8 Å². The Morgan fingerprint density at radius 1 is 1.03 bits per heavy atom. The lowest BCUT2D eigenvalue weighted by Gasteiger charge is -2.47. The zero-order valence-electron chi connectivity index (χ0n) is 19.0. The molecule has 2 fully saturated rings. The third kappa shape index (κ3) is 4.85. The molecule has 1 amide bonds. The number of amides is 1. The molecule has 34 heavy (non-hydrogen) atoms. The number of benzene rings is 2. The van der Waals surface area contributed by atoms with Crippen molar-refractivity contribution in [3.63, 3.8) is 0 Å². The standard InChI is InChI=1S/C24H27NO9/c1-13(26)25-19-20(27)21-18(12-31-23(34-21)15-9-5-6-10-16(15)29-2)33-24(19)32-17-11-7-4-8-14(17)22(28)30-3/h4-11,18-21,23-24,27H,12H2,1-3H3,(H,25,26). The fourth-order valence-electron chi connectivity index (χ4n) is 4.07. The van der Waals surface area contributed by atoms with Crippen LogP contribution in [0.25, 0.3) is 0 Å². The van der Waals surface area contributed by atoms with E-state index >= 15 is 0 Å². The van der Waals surface area contributed by atoms with Crippen molar-refractivity contribution in [3.8, 4) is 11.5 Å². The van der Waals surface area contributed by atoms with Gasteiger partial charge in [0.25, 0.3) is 0 Å². The molecule has 6 unspecified atom stereocenters. The molecule has 0 radical (unpaired) electrons. The van der Waals surface area contributed by atoms with Gasteiger partial charge in [-0.05, 0) is 18.2 Å². The molecule has 2 saturated heterocycles. The molecule has 2 aromatic rings. The number of esters is 1. The van der Waals surface area contributed by atoms with Gasteiger partial charge in [0.15, 0.2) is 6.29 Å². The molecule has 2 aliphatic heterocycles. The summed E-state index contributed by atoms with van der Waals surface area (Å²) in [6, 6.07) is 12.7. The highest BCUT2D eigenvalue weighted by Gasteiger charge is 2.51. The Hall–Kier alpha value is -3.18. The van der Waals surface area contributed by atoms with Crippen LogP contribution in [0.3, 0.4) is 0 Å². The van der Waals surface area contributed by atoms with E-state index in [-0.39, 0.29) is 17.9 Å². The number of rotatable bonds is 6. The zero-order valence-corrected chi connectivity index (χ0v) is 19.0. The molecule has 0 bridgehead atoms. The number of aliphatic hydroxyl groups excluding tert-OH is 1.